The quantitative estimate of drug-likeness (QED) is 0.643. The predicted octanol–water partition coefficient (Wildman–Crippen LogP) is 2.32. The van der Waals surface area contributed by atoms with Crippen LogP contribution in [0.4, 0.5) is 10.1 Å². The maximum absolute atomic E-state index is 14.2. The summed E-state index contributed by atoms with van der Waals surface area (Å²) >= 11 is 0. The summed E-state index contributed by atoms with van der Waals surface area (Å²) in [6.45, 7) is 1.45. The number of para-hydroxylation sites is 1. The number of methoxy groups -OCH3 is 3. The van der Waals surface area contributed by atoms with Crippen molar-refractivity contribution in [2.24, 2.45) is 0 Å². The first kappa shape index (κ1) is 23.3. The van der Waals surface area contributed by atoms with Crippen molar-refractivity contribution in [3.05, 3.63) is 47.8 Å². The van der Waals surface area contributed by atoms with Gasteiger partial charge in [0, 0.05) is 6.54 Å². The molecule has 1 N–H and O–H groups in total. The Kier molecular flexibility index (Phi) is 7.49. The second-order valence-corrected chi connectivity index (χ2v) is 8.30. The molecule has 0 aromatic heterocycles. The van der Waals surface area contributed by atoms with Crippen molar-refractivity contribution >= 4 is 21.6 Å². The Hall–Kier alpha value is -3.01. The molecule has 1 amide bonds. The Labute approximate surface area is 175 Å². The molecule has 0 spiro atoms. The van der Waals surface area contributed by atoms with E-state index >= 15 is 0 Å². The van der Waals surface area contributed by atoms with Gasteiger partial charge in [-0.1, -0.05) is 12.1 Å². The minimum absolute atomic E-state index is 0.0642. The van der Waals surface area contributed by atoms with Crippen molar-refractivity contribution in [1.29, 1.82) is 0 Å². The Morgan fingerprint density at radius 3 is 2.13 bits per heavy atom. The molecule has 0 unspecified atom stereocenters. The number of nitrogens with one attached hydrogen (secondary N) is 1. The summed E-state index contributed by atoms with van der Waals surface area (Å²) in [4.78, 5) is 12.7. The lowest BCUT2D eigenvalue weighted by atomic mass is 10.1. The minimum Gasteiger partial charge on any atom is -0.493 e. The summed E-state index contributed by atoms with van der Waals surface area (Å²) in [7, 11) is 0.501. The zero-order valence-corrected chi connectivity index (χ0v) is 18.2. The average Bonchev–Trinajstić information content (AvgIpc) is 2.71. The molecule has 0 fully saturated rings. The highest BCUT2D eigenvalue weighted by molar-refractivity contribution is 7.92. The molecule has 0 saturated heterocycles. The second-order valence-electron chi connectivity index (χ2n) is 6.44. The van der Waals surface area contributed by atoms with Crippen LogP contribution in [-0.2, 0) is 21.4 Å². The fraction of sp³-hybridized carbons (Fsp3) is 0.350. The molecule has 0 aliphatic heterocycles. The number of hydrogen-bond acceptors (Lipinski definition) is 6. The van der Waals surface area contributed by atoms with Crippen LogP contribution in [0.5, 0.6) is 17.2 Å². The van der Waals surface area contributed by atoms with Crippen LogP contribution in [-0.4, -0.2) is 48.0 Å². The number of hydrogen-bond donors (Lipinski definition) is 1. The van der Waals surface area contributed by atoms with Crippen molar-refractivity contribution < 1.29 is 31.8 Å². The highest BCUT2D eigenvalue weighted by Gasteiger charge is 2.30. The number of carbonyl (C=O) groups excluding carboxylic acids is 1. The standard InChI is InChI=1S/C20H25FN2O6S/c1-13(23(30(5,25)26)16-9-7-6-8-15(16)21)20(24)22-12-14-10-17(27-2)19(29-4)18(11-14)28-3/h6-11,13H,12H2,1-5H3,(H,22,24)/t13-/m0/s1. The largest absolute Gasteiger partial charge is 0.493 e. The zero-order chi connectivity index (χ0) is 22.5. The Bertz CT molecular complexity index is 987. The maximum atomic E-state index is 14.2. The Balaban J connectivity index is 2.25. The molecule has 2 rings (SSSR count). The summed E-state index contributed by atoms with van der Waals surface area (Å²) in [6.07, 6.45) is 0.919. The van der Waals surface area contributed by atoms with E-state index in [4.69, 9.17) is 14.2 Å². The molecule has 1 atom stereocenters. The Morgan fingerprint density at radius 2 is 1.67 bits per heavy atom. The van der Waals surface area contributed by atoms with Gasteiger partial charge >= 0.3 is 0 Å². The van der Waals surface area contributed by atoms with Crippen molar-refractivity contribution in [3.63, 3.8) is 0 Å². The van der Waals surface area contributed by atoms with Crippen molar-refractivity contribution in [3.8, 4) is 17.2 Å². The van der Waals surface area contributed by atoms with E-state index in [-0.39, 0.29) is 12.2 Å². The van der Waals surface area contributed by atoms with Gasteiger partial charge in [0.2, 0.25) is 21.7 Å². The van der Waals surface area contributed by atoms with Gasteiger partial charge < -0.3 is 19.5 Å². The topological polar surface area (TPSA) is 94.2 Å². The number of ether oxygens (including phenoxy) is 3. The smallest absolute Gasteiger partial charge is 0.243 e. The first-order chi connectivity index (χ1) is 14.1. The average molecular weight is 440 g/mol. The summed E-state index contributed by atoms with van der Waals surface area (Å²) < 4.78 is 55.3. The van der Waals surface area contributed by atoms with Crippen LogP contribution in [0, 0.1) is 5.82 Å². The van der Waals surface area contributed by atoms with Crippen LogP contribution in [0.2, 0.25) is 0 Å². The number of nitrogens with zero attached hydrogens (tertiary/aromatic N) is 1. The second kappa shape index (κ2) is 9.66. The molecular weight excluding hydrogens is 415 g/mol. The molecule has 0 aliphatic rings. The van der Waals surface area contributed by atoms with Gasteiger partial charge in [0.15, 0.2) is 11.5 Å². The molecule has 8 nitrogen and oxygen atoms in total. The van der Waals surface area contributed by atoms with Crippen molar-refractivity contribution in [2.45, 2.75) is 19.5 Å². The number of anilines is 1. The molecule has 0 bridgehead atoms. The summed E-state index contributed by atoms with van der Waals surface area (Å²) in [5, 5.41) is 2.66. The molecule has 30 heavy (non-hydrogen) atoms. The van der Waals surface area contributed by atoms with E-state index in [0.29, 0.717) is 22.8 Å². The third-order valence-electron chi connectivity index (χ3n) is 4.37. The lowest BCUT2D eigenvalue weighted by Gasteiger charge is -2.28. The van der Waals surface area contributed by atoms with Gasteiger partial charge in [0.25, 0.3) is 0 Å². The predicted molar refractivity (Wildman–Crippen MR) is 111 cm³/mol. The molecule has 0 radical (unpaired) electrons. The van der Waals surface area contributed by atoms with Crippen LogP contribution >= 0.6 is 0 Å². The number of benzene rings is 2. The number of halogens is 1. The van der Waals surface area contributed by atoms with E-state index in [0.717, 1.165) is 16.6 Å². The fourth-order valence-corrected chi connectivity index (χ4v) is 4.16. The van der Waals surface area contributed by atoms with Gasteiger partial charge in [0.05, 0.1) is 33.3 Å². The van der Waals surface area contributed by atoms with E-state index < -0.39 is 27.8 Å². The third-order valence-corrected chi connectivity index (χ3v) is 5.60. The highest BCUT2D eigenvalue weighted by Crippen LogP contribution is 2.38. The van der Waals surface area contributed by atoms with Gasteiger partial charge in [-0.2, -0.15) is 0 Å². The molecule has 0 aliphatic carbocycles. The first-order valence-electron chi connectivity index (χ1n) is 8.94. The molecular formula is C20H25FN2O6S. The normalized spacial score (nSPS) is 12.1. The number of carbonyl (C=O) groups is 1. The first-order valence-corrected chi connectivity index (χ1v) is 10.8. The molecule has 0 saturated carbocycles. The molecule has 0 heterocycles. The van der Waals surface area contributed by atoms with E-state index in [9.17, 15) is 17.6 Å². The van der Waals surface area contributed by atoms with Crippen molar-refractivity contribution in [2.75, 3.05) is 31.9 Å². The molecule has 2 aromatic carbocycles. The molecule has 164 valence electrons. The van der Waals surface area contributed by atoms with Crippen molar-refractivity contribution in [1.82, 2.24) is 5.32 Å². The highest BCUT2D eigenvalue weighted by atomic mass is 32.2. The lowest BCUT2D eigenvalue weighted by Crippen LogP contribution is -2.48. The van der Waals surface area contributed by atoms with E-state index in [1.54, 1.807) is 12.1 Å². The summed E-state index contributed by atoms with van der Waals surface area (Å²) in [5.41, 5.74) is 0.442. The Morgan fingerprint density at radius 1 is 1.10 bits per heavy atom. The fourth-order valence-electron chi connectivity index (χ4n) is 2.99. The van der Waals surface area contributed by atoms with Crippen LogP contribution in [0.25, 0.3) is 0 Å². The number of rotatable bonds is 9. The minimum atomic E-state index is -3.92. The summed E-state index contributed by atoms with van der Waals surface area (Å²) in [6, 6.07) is 7.52. The van der Waals surface area contributed by atoms with E-state index in [1.165, 1.54) is 46.5 Å². The third kappa shape index (κ3) is 5.12. The van der Waals surface area contributed by atoms with Crippen LogP contribution in [0.15, 0.2) is 36.4 Å². The number of amides is 1. The SMILES string of the molecule is COc1cc(CNC(=O)[C@H](C)N(c2ccccc2F)S(C)(=O)=O)cc(OC)c1OC. The molecule has 2 aromatic rings. The maximum Gasteiger partial charge on any atom is 0.243 e. The van der Waals surface area contributed by atoms with Gasteiger partial charge in [0.1, 0.15) is 11.9 Å². The van der Waals surface area contributed by atoms with Crippen LogP contribution < -0.4 is 23.8 Å². The lowest BCUT2D eigenvalue weighted by molar-refractivity contribution is -0.122. The number of sulfonamides is 1. The van der Waals surface area contributed by atoms with Gasteiger partial charge in [-0.15, -0.1) is 0 Å². The van der Waals surface area contributed by atoms with Gasteiger partial charge in [-0.25, -0.2) is 12.8 Å². The molecule has 10 heteroatoms. The van der Waals surface area contributed by atoms with Gasteiger partial charge in [-0.3, -0.25) is 9.10 Å². The van der Waals surface area contributed by atoms with Crippen LogP contribution in [0.3, 0.4) is 0 Å². The summed E-state index contributed by atoms with van der Waals surface area (Å²) in [5.74, 6) is -0.104. The van der Waals surface area contributed by atoms with Crippen LogP contribution in [0.1, 0.15) is 12.5 Å². The van der Waals surface area contributed by atoms with Gasteiger partial charge in [-0.05, 0) is 36.8 Å². The van der Waals surface area contributed by atoms with E-state index in [2.05, 4.69) is 5.32 Å². The van der Waals surface area contributed by atoms with E-state index in [1.807, 2.05) is 0 Å². The monoisotopic (exact) mass is 440 g/mol. The zero-order valence-electron chi connectivity index (χ0n) is 17.4.